The maximum atomic E-state index is 12.3. The summed E-state index contributed by atoms with van der Waals surface area (Å²) >= 11 is 14.5. The first-order chi connectivity index (χ1) is 10.4. The highest BCUT2D eigenvalue weighted by molar-refractivity contribution is 8.02. The molecule has 0 bridgehead atoms. The SMILES string of the molecule is CCNc1nnc(SCCS(=O)(=O)c2cc(Cl)ccc2Cl)s1. The van der Waals surface area contributed by atoms with Gasteiger partial charge >= 0.3 is 0 Å². The third kappa shape index (κ3) is 4.73. The van der Waals surface area contributed by atoms with E-state index in [4.69, 9.17) is 23.2 Å². The Kier molecular flexibility index (Phi) is 6.34. The van der Waals surface area contributed by atoms with Crippen LogP contribution in [0, 0.1) is 0 Å². The Hall–Kier alpha value is -0.540. The number of aromatic nitrogens is 2. The molecule has 1 aromatic heterocycles. The number of benzene rings is 1. The lowest BCUT2D eigenvalue weighted by atomic mass is 10.4. The predicted octanol–water partition coefficient (Wildman–Crippen LogP) is 3.84. The second-order valence-corrected chi connectivity index (χ2v) is 9.39. The minimum atomic E-state index is -3.48. The summed E-state index contributed by atoms with van der Waals surface area (Å²) in [5, 5.41) is 12.2. The van der Waals surface area contributed by atoms with Crippen molar-refractivity contribution in [3.05, 3.63) is 28.2 Å². The Morgan fingerprint density at radius 3 is 2.82 bits per heavy atom. The van der Waals surface area contributed by atoms with Crippen LogP contribution in [0.15, 0.2) is 27.4 Å². The molecular formula is C12H13Cl2N3O2S3. The maximum absolute atomic E-state index is 12.3. The van der Waals surface area contributed by atoms with Crippen LogP contribution < -0.4 is 5.32 Å². The molecule has 1 N–H and O–H groups in total. The van der Waals surface area contributed by atoms with Crippen molar-refractivity contribution in [3.8, 4) is 0 Å². The summed E-state index contributed by atoms with van der Waals surface area (Å²) in [6.07, 6.45) is 0. The number of sulfone groups is 1. The second-order valence-electron chi connectivity index (χ2n) is 4.15. The average Bonchev–Trinajstić information content (AvgIpc) is 2.89. The minimum Gasteiger partial charge on any atom is -0.360 e. The molecule has 0 aliphatic rings. The van der Waals surface area contributed by atoms with Crippen molar-refractivity contribution in [3.63, 3.8) is 0 Å². The van der Waals surface area contributed by atoms with Crippen molar-refractivity contribution < 1.29 is 8.42 Å². The first-order valence-corrected chi connectivity index (χ1v) is 10.5. The number of nitrogens with zero attached hydrogens (tertiary/aromatic N) is 2. The molecule has 0 aliphatic carbocycles. The molecule has 0 spiro atoms. The number of rotatable bonds is 7. The monoisotopic (exact) mass is 397 g/mol. The van der Waals surface area contributed by atoms with Gasteiger partial charge in [-0.1, -0.05) is 46.3 Å². The van der Waals surface area contributed by atoms with Gasteiger partial charge in [0.05, 0.1) is 15.7 Å². The first kappa shape index (κ1) is 17.8. The van der Waals surface area contributed by atoms with Gasteiger partial charge in [0, 0.05) is 17.3 Å². The number of halogens is 2. The third-order valence-electron chi connectivity index (χ3n) is 2.54. The van der Waals surface area contributed by atoms with Gasteiger partial charge in [-0.15, -0.1) is 10.2 Å². The van der Waals surface area contributed by atoms with Gasteiger partial charge in [0.2, 0.25) is 5.13 Å². The molecule has 2 rings (SSSR count). The molecule has 0 radical (unpaired) electrons. The largest absolute Gasteiger partial charge is 0.360 e. The standard InChI is InChI=1S/C12H13Cl2N3O2S3/c1-2-15-11-16-17-12(21-11)20-5-6-22(18,19)10-7-8(13)3-4-9(10)14/h3-4,7H,2,5-6H2,1H3,(H,15,16). The number of nitrogens with one attached hydrogen (secondary N) is 1. The molecule has 2 aromatic rings. The van der Waals surface area contributed by atoms with Crippen molar-refractivity contribution in [2.75, 3.05) is 23.4 Å². The number of hydrogen-bond acceptors (Lipinski definition) is 7. The minimum absolute atomic E-state index is 0.0478. The fraction of sp³-hybridized carbons (Fsp3) is 0.333. The van der Waals surface area contributed by atoms with Crippen LogP contribution in [0.2, 0.25) is 10.0 Å². The molecule has 0 saturated heterocycles. The number of anilines is 1. The molecule has 10 heteroatoms. The second kappa shape index (κ2) is 7.83. The highest BCUT2D eigenvalue weighted by Gasteiger charge is 2.19. The van der Waals surface area contributed by atoms with Gasteiger partial charge < -0.3 is 5.32 Å². The zero-order valence-corrected chi connectivity index (χ0v) is 15.5. The quantitative estimate of drug-likeness (QED) is 0.715. The topological polar surface area (TPSA) is 72.0 Å². The van der Waals surface area contributed by atoms with E-state index in [0.29, 0.717) is 10.8 Å². The normalized spacial score (nSPS) is 11.6. The lowest BCUT2D eigenvalue weighted by molar-refractivity contribution is 0.597. The van der Waals surface area contributed by atoms with Crippen LogP contribution in [0.4, 0.5) is 5.13 Å². The molecule has 1 heterocycles. The van der Waals surface area contributed by atoms with E-state index in [1.807, 2.05) is 6.92 Å². The van der Waals surface area contributed by atoms with Gasteiger partial charge in [-0.05, 0) is 25.1 Å². The third-order valence-corrected chi connectivity index (χ3v) is 7.24. The van der Waals surface area contributed by atoms with E-state index in [1.54, 1.807) is 6.07 Å². The molecule has 1 aromatic carbocycles. The molecule has 0 saturated carbocycles. The van der Waals surface area contributed by atoms with Gasteiger partial charge in [-0.2, -0.15) is 0 Å². The van der Waals surface area contributed by atoms with E-state index < -0.39 is 9.84 Å². The van der Waals surface area contributed by atoms with E-state index in [2.05, 4.69) is 15.5 Å². The number of thioether (sulfide) groups is 1. The van der Waals surface area contributed by atoms with Crippen LogP contribution in [-0.2, 0) is 9.84 Å². The maximum Gasteiger partial charge on any atom is 0.206 e. The van der Waals surface area contributed by atoms with E-state index in [-0.39, 0.29) is 15.7 Å². The van der Waals surface area contributed by atoms with Crippen molar-refractivity contribution in [2.45, 2.75) is 16.2 Å². The molecule has 0 amide bonds. The smallest absolute Gasteiger partial charge is 0.206 e. The molecule has 5 nitrogen and oxygen atoms in total. The molecule has 0 atom stereocenters. The summed E-state index contributed by atoms with van der Waals surface area (Å²) in [5.41, 5.74) is 0. The Morgan fingerprint density at radius 1 is 1.32 bits per heavy atom. The fourth-order valence-electron chi connectivity index (χ4n) is 1.55. The lowest BCUT2D eigenvalue weighted by Crippen LogP contribution is -2.09. The van der Waals surface area contributed by atoms with Crippen LogP contribution >= 0.6 is 46.3 Å². The highest BCUT2D eigenvalue weighted by atomic mass is 35.5. The molecular weight excluding hydrogens is 385 g/mol. The summed E-state index contributed by atoms with van der Waals surface area (Å²) in [7, 11) is -3.48. The van der Waals surface area contributed by atoms with Crippen LogP contribution in [-0.4, -0.2) is 36.7 Å². The summed E-state index contributed by atoms with van der Waals surface area (Å²) < 4.78 is 25.3. The van der Waals surface area contributed by atoms with Gasteiger partial charge in [-0.3, -0.25) is 0 Å². The lowest BCUT2D eigenvalue weighted by Gasteiger charge is -2.06. The Morgan fingerprint density at radius 2 is 2.09 bits per heavy atom. The first-order valence-electron chi connectivity index (χ1n) is 6.30. The molecule has 0 unspecified atom stereocenters. The predicted molar refractivity (Wildman–Crippen MR) is 93.3 cm³/mol. The molecule has 0 aliphatic heterocycles. The van der Waals surface area contributed by atoms with Crippen molar-refractivity contribution in [1.82, 2.24) is 10.2 Å². The van der Waals surface area contributed by atoms with Crippen molar-refractivity contribution in [2.24, 2.45) is 0 Å². The van der Waals surface area contributed by atoms with Gasteiger partial charge in [0.1, 0.15) is 0 Å². The van der Waals surface area contributed by atoms with Crippen LogP contribution in [0.1, 0.15) is 6.92 Å². The highest BCUT2D eigenvalue weighted by Crippen LogP contribution is 2.29. The van der Waals surface area contributed by atoms with E-state index in [9.17, 15) is 8.42 Å². The van der Waals surface area contributed by atoms with Gasteiger partial charge in [0.15, 0.2) is 14.2 Å². The Balaban J connectivity index is 1.99. The summed E-state index contributed by atoms with van der Waals surface area (Å²) in [4.78, 5) is 0.0628. The van der Waals surface area contributed by atoms with Crippen LogP contribution in [0.25, 0.3) is 0 Å². The summed E-state index contributed by atoms with van der Waals surface area (Å²) in [5.74, 6) is 0.319. The van der Waals surface area contributed by atoms with Crippen LogP contribution in [0.5, 0.6) is 0 Å². The van der Waals surface area contributed by atoms with Crippen molar-refractivity contribution >= 4 is 61.3 Å². The fourth-order valence-corrected chi connectivity index (χ4v) is 5.91. The zero-order valence-electron chi connectivity index (χ0n) is 11.5. The average molecular weight is 398 g/mol. The van der Waals surface area contributed by atoms with Gasteiger partial charge in [0.25, 0.3) is 0 Å². The van der Waals surface area contributed by atoms with E-state index in [0.717, 1.165) is 16.0 Å². The molecule has 0 fully saturated rings. The summed E-state index contributed by atoms with van der Waals surface area (Å²) in [6, 6.07) is 4.41. The molecule has 120 valence electrons. The van der Waals surface area contributed by atoms with Crippen LogP contribution in [0.3, 0.4) is 0 Å². The van der Waals surface area contributed by atoms with E-state index in [1.165, 1.54) is 35.2 Å². The Bertz CT molecular complexity index is 750. The Labute approximate surface area is 147 Å². The van der Waals surface area contributed by atoms with Gasteiger partial charge in [-0.25, -0.2) is 8.42 Å². The zero-order chi connectivity index (χ0) is 16.2. The summed E-state index contributed by atoms with van der Waals surface area (Å²) in [6.45, 7) is 2.73. The van der Waals surface area contributed by atoms with E-state index >= 15 is 0 Å². The molecule has 22 heavy (non-hydrogen) atoms. The number of hydrogen-bond donors (Lipinski definition) is 1. The van der Waals surface area contributed by atoms with Crippen molar-refractivity contribution in [1.29, 1.82) is 0 Å².